The van der Waals surface area contributed by atoms with Crippen molar-refractivity contribution in [3.05, 3.63) is 46.5 Å². The molecule has 1 aromatic carbocycles. The van der Waals surface area contributed by atoms with Crippen molar-refractivity contribution >= 4 is 52.0 Å². The number of aromatic nitrogens is 4. The van der Waals surface area contributed by atoms with Crippen LogP contribution in [0.3, 0.4) is 0 Å². The van der Waals surface area contributed by atoms with Crippen LogP contribution in [-0.2, 0) is 11.2 Å². The number of nitrogens with zero attached hydrogens (tertiary/aromatic N) is 3. The first-order valence-corrected chi connectivity index (χ1v) is 9.20. The molecule has 0 aliphatic rings. The molecule has 0 fully saturated rings. The van der Waals surface area contributed by atoms with Crippen LogP contribution in [-0.4, -0.2) is 37.6 Å². The molecule has 25 heavy (non-hydrogen) atoms. The lowest BCUT2D eigenvalue weighted by Gasteiger charge is -2.12. The second-order valence-corrected chi connectivity index (χ2v) is 7.49. The number of hydrogen-bond donors (Lipinski definition) is 2. The number of H-pyrrole nitrogens is 1. The van der Waals surface area contributed by atoms with E-state index < -0.39 is 0 Å². The molecular weight excluding hydrogens is 381 g/mol. The number of rotatable bonds is 6. The van der Waals surface area contributed by atoms with Crippen LogP contribution in [0.25, 0.3) is 11.2 Å². The van der Waals surface area contributed by atoms with Crippen LogP contribution in [0, 0.1) is 0 Å². The van der Waals surface area contributed by atoms with Crippen LogP contribution in [0.1, 0.15) is 12.5 Å². The van der Waals surface area contributed by atoms with Gasteiger partial charge in [-0.1, -0.05) is 41.0 Å². The van der Waals surface area contributed by atoms with Gasteiger partial charge in [-0.15, -0.1) is 0 Å². The van der Waals surface area contributed by atoms with Crippen molar-refractivity contribution in [3.8, 4) is 0 Å². The standard InChI is InChI=1S/C16H15Cl2N5OS/c1-9(25-16-13-14(21-7-20-13)22-8-23-16)15(24)19-5-4-10-2-3-11(17)6-12(10)18/h2-3,6-9H,4-5H2,1H3,(H,19,24)(H,20,21,22,23)/t9-/m0/s1. The summed E-state index contributed by atoms with van der Waals surface area (Å²) in [5.41, 5.74) is 2.27. The van der Waals surface area contributed by atoms with Crippen molar-refractivity contribution in [2.45, 2.75) is 23.6 Å². The highest BCUT2D eigenvalue weighted by molar-refractivity contribution is 8.00. The minimum Gasteiger partial charge on any atom is -0.355 e. The van der Waals surface area contributed by atoms with E-state index in [4.69, 9.17) is 23.2 Å². The number of amides is 1. The minimum absolute atomic E-state index is 0.0682. The molecule has 0 spiro atoms. The lowest BCUT2D eigenvalue weighted by molar-refractivity contribution is -0.120. The number of imidazole rings is 1. The van der Waals surface area contributed by atoms with Crippen LogP contribution in [0.5, 0.6) is 0 Å². The molecule has 0 aliphatic heterocycles. The Bertz CT molecular complexity index is 901. The second kappa shape index (κ2) is 8.03. The highest BCUT2D eigenvalue weighted by Gasteiger charge is 2.17. The molecule has 9 heteroatoms. The normalized spacial score (nSPS) is 12.3. The molecule has 130 valence electrons. The molecule has 0 radical (unpaired) electrons. The number of thioether (sulfide) groups is 1. The zero-order valence-electron chi connectivity index (χ0n) is 13.3. The summed E-state index contributed by atoms with van der Waals surface area (Å²) in [5, 5.41) is 4.51. The highest BCUT2D eigenvalue weighted by Crippen LogP contribution is 2.26. The summed E-state index contributed by atoms with van der Waals surface area (Å²) in [6.07, 6.45) is 3.64. The fraction of sp³-hybridized carbons (Fsp3) is 0.250. The number of halogens is 2. The van der Waals surface area contributed by atoms with Gasteiger partial charge < -0.3 is 10.3 Å². The molecule has 6 nitrogen and oxygen atoms in total. The number of hydrogen-bond acceptors (Lipinski definition) is 5. The van der Waals surface area contributed by atoms with Gasteiger partial charge in [0.15, 0.2) is 5.65 Å². The Morgan fingerprint density at radius 3 is 2.96 bits per heavy atom. The molecule has 2 N–H and O–H groups in total. The van der Waals surface area contributed by atoms with Gasteiger partial charge in [-0.2, -0.15) is 0 Å². The fourth-order valence-electron chi connectivity index (χ4n) is 2.24. The molecule has 3 rings (SSSR count). The van der Waals surface area contributed by atoms with Gasteiger partial charge in [0.05, 0.1) is 11.6 Å². The first-order chi connectivity index (χ1) is 12.0. The summed E-state index contributed by atoms with van der Waals surface area (Å²) in [7, 11) is 0. The third-order valence-electron chi connectivity index (χ3n) is 3.55. The predicted molar refractivity (Wildman–Crippen MR) is 100 cm³/mol. The lowest BCUT2D eigenvalue weighted by Crippen LogP contribution is -2.32. The average Bonchev–Trinajstić information content (AvgIpc) is 3.06. The van der Waals surface area contributed by atoms with E-state index in [1.807, 2.05) is 13.0 Å². The summed E-state index contributed by atoms with van der Waals surface area (Å²) < 4.78 is 0. The van der Waals surface area contributed by atoms with E-state index in [1.54, 1.807) is 18.5 Å². The summed E-state index contributed by atoms with van der Waals surface area (Å²) in [4.78, 5) is 27.7. The maximum absolute atomic E-state index is 12.3. The smallest absolute Gasteiger partial charge is 0.233 e. The topological polar surface area (TPSA) is 83.6 Å². The van der Waals surface area contributed by atoms with Gasteiger partial charge in [0.1, 0.15) is 16.9 Å². The van der Waals surface area contributed by atoms with Crippen LogP contribution in [0.4, 0.5) is 0 Å². The molecule has 0 saturated heterocycles. The van der Waals surface area contributed by atoms with Crippen LogP contribution in [0.15, 0.2) is 35.9 Å². The number of benzene rings is 1. The van der Waals surface area contributed by atoms with E-state index in [0.29, 0.717) is 33.7 Å². The number of aromatic amines is 1. The lowest BCUT2D eigenvalue weighted by atomic mass is 10.1. The van der Waals surface area contributed by atoms with Gasteiger partial charge in [-0.05, 0) is 31.0 Å². The summed E-state index contributed by atoms with van der Waals surface area (Å²) in [6, 6.07) is 5.35. The number of nitrogens with one attached hydrogen (secondary N) is 2. The van der Waals surface area contributed by atoms with Gasteiger partial charge >= 0.3 is 0 Å². The average molecular weight is 396 g/mol. The summed E-state index contributed by atoms with van der Waals surface area (Å²) in [5.74, 6) is -0.0682. The van der Waals surface area contributed by atoms with Crippen molar-refractivity contribution in [2.24, 2.45) is 0 Å². The van der Waals surface area contributed by atoms with Crippen molar-refractivity contribution in [2.75, 3.05) is 6.54 Å². The SMILES string of the molecule is C[C@H](Sc1ncnc2nc[nH]c12)C(=O)NCCc1ccc(Cl)cc1Cl. The van der Waals surface area contributed by atoms with Gasteiger partial charge in [0.25, 0.3) is 0 Å². The monoisotopic (exact) mass is 395 g/mol. The van der Waals surface area contributed by atoms with Crippen molar-refractivity contribution in [1.29, 1.82) is 0 Å². The molecule has 0 bridgehead atoms. The zero-order chi connectivity index (χ0) is 17.8. The molecule has 0 saturated carbocycles. The Labute approximate surface area is 158 Å². The van der Waals surface area contributed by atoms with E-state index in [-0.39, 0.29) is 11.2 Å². The Morgan fingerprint density at radius 1 is 1.32 bits per heavy atom. The molecule has 2 heterocycles. The largest absolute Gasteiger partial charge is 0.355 e. The first-order valence-electron chi connectivity index (χ1n) is 7.57. The van der Waals surface area contributed by atoms with E-state index in [9.17, 15) is 4.79 Å². The van der Waals surface area contributed by atoms with Gasteiger partial charge in [0, 0.05) is 16.6 Å². The Kier molecular flexibility index (Phi) is 5.78. The highest BCUT2D eigenvalue weighted by atomic mass is 35.5. The quantitative estimate of drug-likeness (QED) is 0.492. The van der Waals surface area contributed by atoms with Crippen molar-refractivity contribution < 1.29 is 4.79 Å². The molecule has 1 amide bonds. The maximum atomic E-state index is 12.3. The van der Waals surface area contributed by atoms with Crippen LogP contribution >= 0.6 is 35.0 Å². The van der Waals surface area contributed by atoms with Crippen LogP contribution in [0.2, 0.25) is 10.0 Å². The number of fused-ring (bicyclic) bond motifs is 1. The molecule has 3 aromatic rings. The Hall–Kier alpha value is -1.83. The third kappa shape index (κ3) is 4.42. The Balaban J connectivity index is 1.55. The first kappa shape index (κ1) is 18.0. The summed E-state index contributed by atoms with van der Waals surface area (Å²) >= 11 is 13.4. The molecular formula is C16H15Cl2N5OS. The molecule has 0 unspecified atom stereocenters. The zero-order valence-corrected chi connectivity index (χ0v) is 15.6. The maximum Gasteiger partial charge on any atom is 0.233 e. The van der Waals surface area contributed by atoms with E-state index in [2.05, 4.69) is 25.3 Å². The van der Waals surface area contributed by atoms with Gasteiger partial charge in [0.2, 0.25) is 5.91 Å². The van der Waals surface area contributed by atoms with E-state index in [0.717, 1.165) is 11.1 Å². The number of carbonyl (C=O) groups is 1. The van der Waals surface area contributed by atoms with Crippen molar-refractivity contribution in [3.63, 3.8) is 0 Å². The molecule has 2 aromatic heterocycles. The van der Waals surface area contributed by atoms with Crippen LogP contribution < -0.4 is 5.32 Å². The van der Waals surface area contributed by atoms with E-state index >= 15 is 0 Å². The van der Waals surface area contributed by atoms with Crippen molar-refractivity contribution in [1.82, 2.24) is 25.3 Å². The predicted octanol–water partition coefficient (Wildman–Crippen LogP) is 3.50. The third-order valence-corrected chi connectivity index (χ3v) is 5.24. The summed E-state index contributed by atoms with van der Waals surface area (Å²) in [6.45, 7) is 2.33. The second-order valence-electron chi connectivity index (χ2n) is 5.32. The fourth-order valence-corrected chi connectivity index (χ4v) is 3.65. The number of carbonyl (C=O) groups excluding carboxylic acids is 1. The van der Waals surface area contributed by atoms with Gasteiger partial charge in [-0.3, -0.25) is 4.79 Å². The molecule has 1 atom stereocenters. The van der Waals surface area contributed by atoms with E-state index in [1.165, 1.54) is 18.1 Å². The Morgan fingerprint density at radius 2 is 2.16 bits per heavy atom. The molecule has 0 aliphatic carbocycles. The van der Waals surface area contributed by atoms with Gasteiger partial charge in [-0.25, -0.2) is 15.0 Å². The minimum atomic E-state index is -0.304.